The molecule has 3 aromatic rings. The molecule has 6 aliphatic carbocycles. The van der Waals surface area contributed by atoms with E-state index in [2.05, 4.69) is 34.0 Å². The zero-order valence-corrected chi connectivity index (χ0v) is 30.2. The van der Waals surface area contributed by atoms with Gasteiger partial charge in [0, 0.05) is 62.0 Å². The van der Waals surface area contributed by atoms with E-state index in [0.717, 1.165) is 97.7 Å². The lowest BCUT2D eigenvalue weighted by molar-refractivity contribution is -0.174. The molecule has 8 atom stereocenters. The summed E-state index contributed by atoms with van der Waals surface area (Å²) in [7, 11) is 2.11. The van der Waals surface area contributed by atoms with Gasteiger partial charge in [0.1, 0.15) is 6.10 Å². The van der Waals surface area contributed by atoms with E-state index < -0.39 is 28.8 Å². The molecule has 9 aliphatic rings. The molecule has 0 radical (unpaired) electrons. The fraction of sp³-hybridized carbons (Fsp3) is 0.628. The first kappa shape index (κ1) is 31.1. The smallest absolute Gasteiger partial charge is 0.166 e. The van der Waals surface area contributed by atoms with Gasteiger partial charge in [-0.2, -0.15) is 0 Å². The largest absolute Gasteiger partial charge is 0.504 e. The number of nitrogens with one attached hydrogen (secondary N) is 1. The maximum Gasteiger partial charge on any atom is 0.166 e. The summed E-state index contributed by atoms with van der Waals surface area (Å²) < 4.78 is 16.3. The van der Waals surface area contributed by atoms with Crippen molar-refractivity contribution in [2.45, 2.75) is 124 Å². The number of rotatable bonds is 5. The monoisotopic (exact) mass is 705 g/mol. The van der Waals surface area contributed by atoms with Crippen LogP contribution in [-0.4, -0.2) is 72.8 Å². The van der Waals surface area contributed by atoms with Crippen molar-refractivity contribution in [3.8, 4) is 23.0 Å². The molecular weight excluding hydrogens is 654 g/mol. The van der Waals surface area contributed by atoms with Gasteiger partial charge in [-0.15, -0.1) is 0 Å². The zero-order valence-electron chi connectivity index (χ0n) is 30.2. The van der Waals surface area contributed by atoms with Crippen molar-refractivity contribution in [1.82, 2.24) is 14.8 Å². The Kier molecular flexibility index (Phi) is 6.16. The van der Waals surface area contributed by atoms with E-state index in [9.17, 15) is 20.4 Å². The standard InChI is InChI=1S/C43H51N3O6/c1-45-36-27(17-41(49)19-33(36)51-38-26-3-2-4-30(44-20-22-5-6-22)29(41)15-24(26)9-11-31(38)47)28-18-43(50)34-16-25-10-12-32(48)39-35(25)42(43,40(52-39)37(28)45)13-14-46(34)21-23-7-8-23/h9-12,22-23,29-30,33-34,40,44,47-50H,2-8,13-21H2,1H3/t29-,30?,33+,34?,40-,41-,42-,43+/m0/s1. The highest BCUT2D eigenvalue weighted by Crippen LogP contribution is 2.70. The third-order valence-electron chi connectivity index (χ3n) is 15.8. The van der Waals surface area contributed by atoms with Crippen molar-refractivity contribution < 1.29 is 29.9 Å². The van der Waals surface area contributed by atoms with Gasteiger partial charge in [0.25, 0.3) is 0 Å². The molecule has 1 saturated heterocycles. The summed E-state index contributed by atoms with van der Waals surface area (Å²) in [6.07, 6.45) is 10.6. The summed E-state index contributed by atoms with van der Waals surface area (Å²) in [4.78, 5) is 2.58. The van der Waals surface area contributed by atoms with Crippen LogP contribution in [0.25, 0.3) is 0 Å². The summed E-state index contributed by atoms with van der Waals surface area (Å²) in [5.74, 6) is 2.82. The molecule has 3 fully saturated rings. The van der Waals surface area contributed by atoms with Crippen LogP contribution in [0.5, 0.6) is 23.0 Å². The number of aromatic hydroxyl groups is 2. The molecule has 12 rings (SSSR count). The Labute approximate surface area is 304 Å². The molecule has 9 heteroatoms. The third kappa shape index (κ3) is 3.93. The number of ether oxygens (including phenoxy) is 2. The Morgan fingerprint density at radius 2 is 1.62 bits per heavy atom. The fourth-order valence-corrected chi connectivity index (χ4v) is 13.0. The number of hydrogen-bond donors (Lipinski definition) is 5. The van der Waals surface area contributed by atoms with Crippen molar-refractivity contribution in [3.05, 3.63) is 69.0 Å². The van der Waals surface area contributed by atoms with E-state index in [1.54, 1.807) is 12.1 Å². The van der Waals surface area contributed by atoms with Crippen molar-refractivity contribution in [1.29, 1.82) is 0 Å². The average molecular weight is 706 g/mol. The Balaban J connectivity index is 1.05. The Morgan fingerprint density at radius 3 is 2.42 bits per heavy atom. The molecule has 3 aliphatic heterocycles. The number of aliphatic hydroxyl groups is 2. The first-order valence-corrected chi connectivity index (χ1v) is 20.3. The van der Waals surface area contributed by atoms with E-state index >= 15 is 0 Å². The van der Waals surface area contributed by atoms with Crippen LogP contribution < -0.4 is 14.8 Å². The minimum atomic E-state index is -1.10. The average Bonchev–Trinajstić information content (AvgIpc) is 4.04. The van der Waals surface area contributed by atoms with E-state index in [1.165, 1.54) is 36.8 Å². The Morgan fingerprint density at radius 1 is 0.846 bits per heavy atom. The molecule has 2 aromatic carbocycles. The summed E-state index contributed by atoms with van der Waals surface area (Å²) in [6, 6.07) is 7.81. The van der Waals surface area contributed by atoms with E-state index in [0.29, 0.717) is 36.7 Å². The van der Waals surface area contributed by atoms with Crippen molar-refractivity contribution in [2.24, 2.45) is 24.8 Å². The Bertz CT molecular complexity index is 2050. The van der Waals surface area contributed by atoms with Crippen LogP contribution >= 0.6 is 0 Å². The number of hydrogen-bond acceptors (Lipinski definition) is 8. The van der Waals surface area contributed by atoms with Crippen LogP contribution in [-0.2, 0) is 44.6 Å². The van der Waals surface area contributed by atoms with Crippen LogP contribution in [0, 0.1) is 17.8 Å². The van der Waals surface area contributed by atoms with Gasteiger partial charge in [-0.25, -0.2) is 0 Å². The second-order valence-corrected chi connectivity index (χ2v) is 18.5. The van der Waals surface area contributed by atoms with Crippen molar-refractivity contribution >= 4 is 0 Å². The van der Waals surface area contributed by atoms with Crippen LogP contribution in [0.4, 0.5) is 0 Å². The predicted molar refractivity (Wildman–Crippen MR) is 193 cm³/mol. The number of phenols is 2. The molecular formula is C43H51N3O6. The minimum Gasteiger partial charge on any atom is -0.504 e. The highest BCUT2D eigenvalue weighted by Gasteiger charge is 2.73. The predicted octanol–water partition coefficient (Wildman–Crippen LogP) is 4.81. The molecule has 52 heavy (non-hydrogen) atoms. The molecule has 1 spiro atoms. The van der Waals surface area contributed by atoms with Gasteiger partial charge < -0.3 is 39.8 Å². The number of phenolic OH excluding ortho intramolecular Hbond substituents is 2. The van der Waals surface area contributed by atoms with E-state index in [-0.39, 0.29) is 29.5 Å². The lowest BCUT2D eigenvalue weighted by Crippen LogP contribution is -2.74. The zero-order chi connectivity index (χ0) is 34.9. The topological polar surface area (TPSA) is 120 Å². The highest BCUT2D eigenvalue weighted by atomic mass is 16.5. The molecule has 5 N–H and O–H groups in total. The second kappa shape index (κ2) is 10.3. The first-order valence-electron chi connectivity index (χ1n) is 20.3. The third-order valence-corrected chi connectivity index (χ3v) is 15.8. The maximum absolute atomic E-state index is 13.6. The van der Waals surface area contributed by atoms with Gasteiger partial charge in [0.05, 0.1) is 28.0 Å². The minimum absolute atomic E-state index is 0.0384. The van der Waals surface area contributed by atoms with Crippen molar-refractivity contribution in [3.63, 3.8) is 0 Å². The van der Waals surface area contributed by atoms with Gasteiger partial charge in [-0.3, -0.25) is 4.90 Å². The van der Waals surface area contributed by atoms with Crippen molar-refractivity contribution in [2.75, 3.05) is 19.6 Å². The van der Waals surface area contributed by atoms with E-state index in [4.69, 9.17) is 9.47 Å². The molecule has 2 unspecified atom stereocenters. The molecule has 0 amide bonds. The Hall–Kier alpha value is -3.24. The normalized spacial score (nSPS) is 37.7. The quantitative estimate of drug-likeness (QED) is 0.257. The molecule has 9 nitrogen and oxygen atoms in total. The number of nitrogens with zero attached hydrogens (tertiary/aromatic N) is 2. The lowest BCUT2D eigenvalue weighted by atomic mass is 9.48. The maximum atomic E-state index is 13.6. The second-order valence-electron chi connectivity index (χ2n) is 18.5. The highest BCUT2D eigenvalue weighted by molar-refractivity contribution is 5.66. The number of piperidine rings is 1. The first-order chi connectivity index (χ1) is 25.2. The summed E-state index contributed by atoms with van der Waals surface area (Å²) >= 11 is 0. The van der Waals surface area contributed by atoms with Gasteiger partial charge in [0.2, 0.25) is 0 Å². The molecule has 1 aromatic heterocycles. The van der Waals surface area contributed by atoms with Crippen LogP contribution in [0.1, 0.15) is 108 Å². The SMILES string of the molecule is Cn1c2c(c3c1[C@@H]1Oc4c(O)ccc5c4[C@@]14CCN(CC1CC1)C(C5)[C@]4(O)C3)C[C@]1(O)C[C@H]2Oc2c(O)ccc3c2CCCC(NCC2CC2)[C@@H]1C3. The van der Waals surface area contributed by atoms with Gasteiger partial charge >= 0.3 is 0 Å². The number of fused-ring (bicyclic) bond motifs is 9. The summed E-state index contributed by atoms with van der Waals surface area (Å²) in [5.41, 5.74) is 5.88. The van der Waals surface area contributed by atoms with Crippen LogP contribution in [0.15, 0.2) is 24.3 Å². The molecule has 4 heterocycles. The van der Waals surface area contributed by atoms with Gasteiger partial charge in [-0.05, 0) is 124 Å². The molecule has 8 bridgehead atoms. The molecule has 274 valence electrons. The van der Waals surface area contributed by atoms with Crippen LogP contribution in [0.3, 0.4) is 0 Å². The number of benzene rings is 2. The van der Waals surface area contributed by atoms with Gasteiger partial charge in [-0.1, -0.05) is 12.1 Å². The van der Waals surface area contributed by atoms with Crippen LogP contribution in [0.2, 0.25) is 0 Å². The summed E-state index contributed by atoms with van der Waals surface area (Å²) in [5, 5.41) is 53.6. The fourth-order valence-electron chi connectivity index (χ4n) is 13.0. The number of likely N-dealkylation sites (tertiary alicyclic amines) is 1. The summed E-state index contributed by atoms with van der Waals surface area (Å²) in [6.45, 7) is 2.92. The van der Waals surface area contributed by atoms with Gasteiger partial charge in [0.15, 0.2) is 29.1 Å². The van der Waals surface area contributed by atoms with E-state index in [1.807, 2.05) is 0 Å². The molecule has 2 saturated carbocycles. The lowest BCUT2D eigenvalue weighted by Gasteiger charge is -2.63. The number of aromatic nitrogens is 1.